The molecule has 0 bridgehead atoms. The molecule has 12 heavy (non-hydrogen) atoms. The fourth-order valence-corrected chi connectivity index (χ4v) is 1.03. The van der Waals surface area contributed by atoms with Crippen molar-refractivity contribution < 1.29 is 0 Å². The highest BCUT2D eigenvalue weighted by molar-refractivity contribution is 5.83. The molecule has 1 heteroatoms. The van der Waals surface area contributed by atoms with Gasteiger partial charge in [0.05, 0.1) is 0 Å². The Morgan fingerprint density at radius 2 is 1.58 bits per heavy atom. The van der Waals surface area contributed by atoms with Crippen LogP contribution in [0.15, 0.2) is 16.3 Å². The molecule has 0 aliphatic heterocycles. The van der Waals surface area contributed by atoms with E-state index in [-0.39, 0.29) is 0 Å². The van der Waals surface area contributed by atoms with Gasteiger partial charge < -0.3 is 0 Å². The quantitative estimate of drug-likeness (QED) is 0.567. The van der Waals surface area contributed by atoms with Crippen molar-refractivity contribution in [1.82, 2.24) is 0 Å². The summed E-state index contributed by atoms with van der Waals surface area (Å²) in [6, 6.07) is 0. The zero-order valence-corrected chi connectivity index (χ0v) is 9.23. The predicted octanol–water partition coefficient (Wildman–Crippen LogP) is 3.81. The van der Waals surface area contributed by atoms with Crippen molar-refractivity contribution >= 4 is 5.71 Å². The molecule has 70 valence electrons. The van der Waals surface area contributed by atoms with E-state index in [1.165, 1.54) is 11.3 Å². The minimum atomic E-state index is 0.707. The zero-order chi connectivity index (χ0) is 9.72. The van der Waals surface area contributed by atoms with Gasteiger partial charge in [-0.25, -0.2) is 0 Å². The third kappa shape index (κ3) is 5.11. The molecular weight excluding hydrogens is 146 g/mol. The van der Waals surface area contributed by atoms with Crippen LogP contribution in [0.2, 0.25) is 0 Å². The number of nitrogens with zero attached hydrogens (tertiary/aromatic N) is 1. The molecule has 0 saturated heterocycles. The van der Waals surface area contributed by atoms with Crippen molar-refractivity contribution in [3.8, 4) is 0 Å². The smallest absolute Gasteiger partial charge is 0.0358 e. The average molecular weight is 167 g/mol. The van der Waals surface area contributed by atoms with Crippen LogP contribution in [0.25, 0.3) is 0 Å². The molecule has 0 N–H and O–H groups in total. The molecule has 0 rings (SSSR count). The Hall–Kier alpha value is -0.590. The predicted molar refractivity (Wildman–Crippen MR) is 56.6 cm³/mol. The fraction of sp³-hybridized carbons (Fsp3) is 0.727. The zero-order valence-electron chi connectivity index (χ0n) is 9.23. The van der Waals surface area contributed by atoms with Gasteiger partial charge in [-0.3, -0.25) is 4.99 Å². The molecule has 1 nitrogen and oxygen atoms in total. The van der Waals surface area contributed by atoms with E-state index in [0.717, 1.165) is 12.1 Å². The monoisotopic (exact) mass is 167 g/mol. The Bertz CT molecular complexity index is 193. The van der Waals surface area contributed by atoms with Crippen LogP contribution in [0.1, 0.15) is 48.0 Å². The highest BCUT2D eigenvalue weighted by Gasteiger charge is 1.97. The van der Waals surface area contributed by atoms with Crippen LogP contribution in [-0.2, 0) is 0 Å². The summed E-state index contributed by atoms with van der Waals surface area (Å²) in [5, 5.41) is 0. The first-order valence-corrected chi connectivity index (χ1v) is 4.61. The molecule has 0 aliphatic carbocycles. The van der Waals surface area contributed by atoms with Crippen molar-refractivity contribution in [3.63, 3.8) is 0 Å². The fourth-order valence-electron chi connectivity index (χ4n) is 1.03. The minimum Gasteiger partial charge on any atom is -0.263 e. The molecule has 0 fully saturated rings. The van der Waals surface area contributed by atoms with Crippen LogP contribution in [0.5, 0.6) is 0 Å². The van der Waals surface area contributed by atoms with Gasteiger partial charge in [0.15, 0.2) is 0 Å². The van der Waals surface area contributed by atoms with Gasteiger partial charge in [-0.15, -0.1) is 0 Å². The lowest BCUT2D eigenvalue weighted by Crippen LogP contribution is -1.98. The number of hydrogen-bond donors (Lipinski definition) is 0. The lowest BCUT2D eigenvalue weighted by atomic mass is 10.1. The van der Waals surface area contributed by atoms with E-state index in [9.17, 15) is 0 Å². The largest absolute Gasteiger partial charge is 0.263 e. The summed E-state index contributed by atoms with van der Waals surface area (Å²) in [5.41, 5.74) is 3.70. The number of hydrogen-bond acceptors (Lipinski definition) is 1. The second-order valence-corrected chi connectivity index (χ2v) is 4.03. The summed E-state index contributed by atoms with van der Waals surface area (Å²) in [6.45, 7) is 12.8. The van der Waals surface area contributed by atoms with E-state index >= 15 is 0 Å². The summed E-state index contributed by atoms with van der Waals surface area (Å²) in [6.07, 6.45) is 1.10. The van der Waals surface area contributed by atoms with Crippen LogP contribution in [0.3, 0.4) is 0 Å². The molecule has 0 aliphatic rings. The lowest BCUT2D eigenvalue weighted by molar-refractivity contribution is 0.682. The summed E-state index contributed by atoms with van der Waals surface area (Å²) in [5.74, 6) is 0.707. The topological polar surface area (TPSA) is 12.4 Å². The van der Waals surface area contributed by atoms with E-state index in [1.807, 2.05) is 0 Å². The summed E-state index contributed by atoms with van der Waals surface area (Å²) in [4.78, 5) is 4.51. The molecule has 0 radical (unpaired) electrons. The first-order chi connectivity index (χ1) is 5.43. The Kier molecular flexibility index (Phi) is 4.87. The molecule has 0 amide bonds. The maximum Gasteiger partial charge on any atom is 0.0358 e. The van der Waals surface area contributed by atoms with Gasteiger partial charge >= 0.3 is 0 Å². The van der Waals surface area contributed by atoms with Crippen LogP contribution >= 0.6 is 0 Å². The van der Waals surface area contributed by atoms with Gasteiger partial charge in [-0.05, 0) is 40.0 Å². The highest BCUT2D eigenvalue weighted by Crippen LogP contribution is 2.07. The van der Waals surface area contributed by atoms with Gasteiger partial charge in [0.2, 0.25) is 0 Å². The van der Waals surface area contributed by atoms with Gasteiger partial charge in [0.1, 0.15) is 0 Å². The van der Waals surface area contributed by atoms with E-state index in [1.54, 1.807) is 0 Å². The SMILES string of the molecule is CC(C)=C(C)/N=C(/C)CC(C)C. The van der Waals surface area contributed by atoms with E-state index in [0.29, 0.717) is 5.92 Å². The molecule has 0 spiro atoms. The van der Waals surface area contributed by atoms with E-state index in [4.69, 9.17) is 0 Å². The molecule has 0 heterocycles. The third-order valence-corrected chi connectivity index (χ3v) is 1.79. The number of aliphatic imine (C=N–C) groups is 1. The summed E-state index contributed by atoms with van der Waals surface area (Å²) in [7, 11) is 0. The van der Waals surface area contributed by atoms with Gasteiger partial charge in [-0.1, -0.05) is 19.4 Å². The Labute approximate surface area is 76.6 Å². The van der Waals surface area contributed by atoms with Crippen molar-refractivity contribution in [2.24, 2.45) is 10.9 Å². The molecule has 0 aromatic heterocycles. The van der Waals surface area contributed by atoms with Crippen LogP contribution in [0, 0.1) is 5.92 Å². The van der Waals surface area contributed by atoms with E-state index in [2.05, 4.69) is 46.5 Å². The third-order valence-electron chi connectivity index (χ3n) is 1.79. The Morgan fingerprint density at radius 1 is 1.08 bits per heavy atom. The van der Waals surface area contributed by atoms with Crippen LogP contribution in [-0.4, -0.2) is 5.71 Å². The Balaban J connectivity index is 4.27. The normalized spacial score (nSPS) is 12.1. The summed E-state index contributed by atoms with van der Waals surface area (Å²) >= 11 is 0. The Morgan fingerprint density at radius 3 is 1.92 bits per heavy atom. The van der Waals surface area contributed by atoms with Gasteiger partial charge in [-0.2, -0.15) is 0 Å². The number of allylic oxidation sites excluding steroid dienone is 2. The maximum atomic E-state index is 4.51. The van der Waals surface area contributed by atoms with Gasteiger partial charge in [0.25, 0.3) is 0 Å². The second kappa shape index (κ2) is 5.13. The van der Waals surface area contributed by atoms with Crippen molar-refractivity contribution in [1.29, 1.82) is 0 Å². The van der Waals surface area contributed by atoms with Crippen molar-refractivity contribution in [3.05, 3.63) is 11.3 Å². The average Bonchev–Trinajstić information content (AvgIpc) is 1.84. The number of rotatable bonds is 3. The first-order valence-electron chi connectivity index (χ1n) is 4.61. The molecule has 0 unspecified atom stereocenters. The van der Waals surface area contributed by atoms with Gasteiger partial charge in [0, 0.05) is 11.4 Å². The van der Waals surface area contributed by atoms with Crippen LogP contribution < -0.4 is 0 Å². The second-order valence-electron chi connectivity index (χ2n) is 4.03. The molecule has 0 saturated carbocycles. The molecule has 0 aromatic rings. The lowest BCUT2D eigenvalue weighted by Gasteiger charge is -2.04. The maximum absolute atomic E-state index is 4.51. The summed E-state index contributed by atoms with van der Waals surface area (Å²) < 4.78 is 0. The standard InChI is InChI=1S/C11H21N/c1-8(2)7-10(5)12-11(6)9(3)4/h8H,7H2,1-6H3/b12-10-. The van der Waals surface area contributed by atoms with E-state index < -0.39 is 0 Å². The molecule has 0 atom stereocenters. The minimum absolute atomic E-state index is 0.707. The molecule has 0 aromatic carbocycles. The van der Waals surface area contributed by atoms with Crippen LogP contribution in [0.4, 0.5) is 0 Å². The molecular formula is C11H21N. The first kappa shape index (κ1) is 11.4. The highest BCUT2D eigenvalue weighted by atomic mass is 14.7. The van der Waals surface area contributed by atoms with Crippen molar-refractivity contribution in [2.45, 2.75) is 48.0 Å². The van der Waals surface area contributed by atoms with Crippen molar-refractivity contribution in [2.75, 3.05) is 0 Å².